The van der Waals surface area contributed by atoms with Gasteiger partial charge in [0.15, 0.2) is 11.4 Å². The van der Waals surface area contributed by atoms with Gasteiger partial charge in [-0.1, -0.05) is 24.3 Å². The number of nitrogens with zero attached hydrogens (tertiary/aromatic N) is 4. The third-order valence-corrected chi connectivity index (χ3v) is 6.23. The Hall–Kier alpha value is -3.85. The van der Waals surface area contributed by atoms with Crippen LogP contribution in [0.2, 0.25) is 0 Å². The second-order valence-electron chi connectivity index (χ2n) is 8.36. The number of Topliss-reactive ketones (excluding diaryl/α,β-unsaturated/α-hetero) is 1. The summed E-state index contributed by atoms with van der Waals surface area (Å²) in [5, 5.41) is 8.97. The molecule has 5 rings (SSSR count). The molecule has 1 fully saturated rings. The number of methoxy groups -OCH3 is 1. The maximum Gasteiger partial charge on any atom is 0.167 e. The van der Waals surface area contributed by atoms with Crippen molar-refractivity contribution in [2.45, 2.75) is 25.3 Å². The molecule has 9 heteroatoms. The van der Waals surface area contributed by atoms with Crippen LogP contribution in [0.25, 0.3) is 22.3 Å². The second kappa shape index (κ2) is 9.18. The van der Waals surface area contributed by atoms with Crippen molar-refractivity contribution in [2.24, 2.45) is 0 Å². The topological polar surface area (TPSA) is 108 Å². The molecule has 0 aliphatic carbocycles. The zero-order chi connectivity index (χ0) is 23.7. The molecule has 0 spiro atoms. The highest BCUT2D eigenvalue weighted by molar-refractivity contribution is 5.99. The van der Waals surface area contributed by atoms with E-state index in [1.165, 1.54) is 31.6 Å². The van der Waals surface area contributed by atoms with Crippen LogP contribution in [0.1, 0.15) is 34.8 Å². The van der Waals surface area contributed by atoms with Gasteiger partial charge in [-0.2, -0.15) is 5.10 Å². The van der Waals surface area contributed by atoms with Gasteiger partial charge in [-0.25, -0.2) is 19.0 Å². The van der Waals surface area contributed by atoms with Crippen molar-refractivity contribution in [1.82, 2.24) is 25.1 Å². The Morgan fingerprint density at radius 3 is 2.79 bits per heavy atom. The lowest BCUT2D eigenvalue weighted by molar-refractivity contribution is 0.0979. The van der Waals surface area contributed by atoms with Crippen LogP contribution < -0.4 is 15.8 Å². The molecule has 2 aromatic carbocycles. The molecular formula is C25H25FN6O2. The molecule has 3 heterocycles. The van der Waals surface area contributed by atoms with E-state index in [9.17, 15) is 9.18 Å². The zero-order valence-electron chi connectivity index (χ0n) is 18.8. The summed E-state index contributed by atoms with van der Waals surface area (Å²) in [7, 11) is 1.47. The molecule has 1 atom stereocenters. The fourth-order valence-electron chi connectivity index (χ4n) is 4.42. The molecule has 1 saturated heterocycles. The van der Waals surface area contributed by atoms with Crippen LogP contribution in [0.15, 0.2) is 48.8 Å². The molecular weight excluding hydrogens is 435 g/mol. The molecule has 0 saturated carbocycles. The zero-order valence-corrected chi connectivity index (χ0v) is 18.8. The second-order valence-corrected chi connectivity index (χ2v) is 8.36. The number of hydrogen-bond donors (Lipinski definition) is 2. The Morgan fingerprint density at radius 2 is 2.06 bits per heavy atom. The summed E-state index contributed by atoms with van der Waals surface area (Å²) in [6.07, 6.45) is 3.21. The fourth-order valence-corrected chi connectivity index (χ4v) is 4.42. The van der Waals surface area contributed by atoms with Crippen molar-refractivity contribution in [3.63, 3.8) is 0 Å². The van der Waals surface area contributed by atoms with Crippen molar-refractivity contribution < 1.29 is 13.9 Å². The van der Waals surface area contributed by atoms with E-state index in [4.69, 9.17) is 15.6 Å². The van der Waals surface area contributed by atoms with E-state index in [0.717, 1.165) is 47.4 Å². The van der Waals surface area contributed by atoms with E-state index >= 15 is 0 Å². The Kier molecular flexibility index (Phi) is 5.93. The number of hydrogen-bond acceptors (Lipinski definition) is 7. The largest absolute Gasteiger partial charge is 0.496 e. The highest BCUT2D eigenvalue weighted by atomic mass is 19.1. The number of aryl methyl sites for hydroxylation is 1. The lowest BCUT2D eigenvalue weighted by atomic mass is 10.00. The minimum absolute atomic E-state index is 0.166. The summed E-state index contributed by atoms with van der Waals surface area (Å²) >= 11 is 0. The lowest BCUT2D eigenvalue weighted by Gasteiger charge is -2.09. The average molecular weight is 461 g/mol. The third kappa shape index (κ3) is 4.10. The quantitative estimate of drug-likeness (QED) is 0.406. The summed E-state index contributed by atoms with van der Waals surface area (Å²) < 4.78 is 20.8. The monoisotopic (exact) mass is 460 g/mol. The highest BCUT2D eigenvalue weighted by Crippen LogP contribution is 2.33. The lowest BCUT2D eigenvalue weighted by Crippen LogP contribution is -2.15. The molecule has 0 amide bonds. The number of ketones is 1. The Labute approximate surface area is 196 Å². The number of nitrogens with one attached hydrogen (secondary N) is 1. The SMILES string of the molecule is COc1ccc(F)cc1C(=O)CCc1ccc(-c2nn(C3CCNC3)c3ncnc(N)c23)cc1. The highest BCUT2D eigenvalue weighted by Gasteiger charge is 2.24. The minimum atomic E-state index is -0.461. The van der Waals surface area contributed by atoms with Crippen LogP contribution >= 0.6 is 0 Å². The number of aromatic nitrogens is 4. The van der Waals surface area contributed by atoms with Gasteiger partial charge in [-0.3, -0.25) is 4.79 Å². The predicted molar refractivity (Wildman–Crippen MR) is 127 cm³/mol. The maximum absolute atomic E-state index is 13.6. The van der Waals surface area contributed by atoms with Gasteiger partial charge in [0.25, 0.3) is 0 Å². The molecule has 1 unspecified atom stereocenters. The first-order chi connectivity index (χ1) is 16.5. The average Bonchev–Trinajstić information content (AvgIpc) is 3.52. The Morgan fingerprint density at radius 1 is 1.24 bits per heavy atom. The van der Waals surface area contributed by atoms with Crippen LogP contribution in [-0.4, -0.2) is 45.7 Å². The molecule has 34 heavy (non-hydrogen) atoms. The van der Waals surface area contributed by atoms with Crippen LogP contribution in [0, 0.1) is 5.82 Å². The Balaban J connectivity index is 1.38. The smallest absolute Gasteiger partial charge is 0.167 e. The molecule has 3 N–H and O–H groups in total. The van der Waals surface area contributed by atoms with E-state index in [2.05, 4.69) is 15.3 Å². The molecule has 0 bridgehead atoms. The summed E-state index contributed by atoms with van der Waals surface area (Å²) in [5.74, 6) is 0.148. The summed E-state index contributed by atoms with van der Waals surface area (Å²) in [4.78, 5) is 21.3. The molecule has 8 nitrogen and oxygen atoms in total. The van der Waals surface area contributed by atoms with Gasteiger partial charge in [-0.05, 0) is 43.1 Å². The van der Waals surface area contributed by atoms with Crippen LogP contribution in [-0.2, 0) is 6.42 Å². The van der Waals surface area contributed by atoms with Crippen molar-refractivity contribution in [2.75, 3.05) is 25.9 Å². The molecule has 2 aromatic heterocycles. The Bertz CT molecular complexity index is 1350. The van der Waals surface area contributed by atoms with Crippen LogP contribution in [0.4, 0.5) is 10.2 Å². The standard InChI is InChI=1S/C25H25FN6O2/c1-34-21-9-7-17(26)12-19(21)20(33)8-4-15-2-5-16(6-3-15)23-22-24(27)29-14-30-25(22)32(31-23)18-10-11-28-13-18/h2-3,5-7,9,12,14,18,28H,4,8,10-11,13H2,1H3,(H2,27,29,30). The molecule has 4 aromatic rings. The molecule has 0 radical (unpaired) electrons. The van der Waals surface area contributed by atoms with Gasteiger partial charge in [0.2, 0.25) is 0 Å². The fraction of sp³-hybridized carbons (Fsp3) is 0.280. The van der Waals surface area contributed by atoms with Crippen molar-refractivity contribution in [1.29, 1.82) is 0 Å². The molecule has 1 aliphatic heterocycles. The van der Waals surface area contributed by atoms with Gasteiger partial charge in [-0.15, -0.1) is 0 Å². The van der Waals surface area contributed by atoms with Gasteiger partial charge in [0, 0.05) is 18.5 Å². The van der Waals surface area contributed by atoms with Crippen molar-refractivity contribution >= 4 is 22.6 Å². The molecule has 1 aliphatic rings. The van der Waals surface area contributed by atoms with Crippen LogP contribution in [0.5, 0.6) is 5.75 Å². The van der Waals surface area contributed by atoms with E-state index in [1.807, 2.05) is 28.9 Å². The number of halogens is 1. The first-order valence-corrected chi connectivity index (χ1v) is 11.2. The predicted octanol–water partition coefficient (Wildman–Crippen LogP) is 3.57. The number of ether oxygens (including phenoxy) is 1. The first-order valence-electron chi connectivity index (χ1n) is 11.2. The first kappa shape index (κ1) is 22.0. The summed E-state index contributed by atoms with van der Waals surface area (Å²) in [6.45, 7) is 1.78. The minimum Gasteiger partial charge on any atom is -0.496 e. The number of anilines is 1. The number of carbonyl (C=O) groups excluding carboxylic acids is 1. The number of nitrogens with two attached hydrogens (primary N) is 1. The third-order valence-electron chi connectivity index (χ3n) is 6.23. The molecule has 174 valence electrons. The number of benzene rings is 2. The number of carbonyl (C=O) groups is 1. The van der Waals surface area contributed by atoms with Crippen molar-refractivity contribution in [3.05, 3.63) is 65.7 Å². The van der Waals surface area contributed by atoms with Gasteiger partial charge >= 0.3 is 0 Å². The number of fused-ring (bicyclic) bond motifs is 1. The van der Waals surface area contributed by atoms with E-state index in [1.54, 1.807) is 0 Å². The van der Waals surface area contributed by atoms with E-state index in [-0.39, 0.29) is 23.8 Å². The number of rotatable bonds is 7. The van der Waals surface area contributed by atoms with Crippen LogP contribution in [0.3, 0.4) is 0 Å². The van der Waals surface area contributed by atoms with E-state index < -0.39 is 5.82 Å². The summed E-state index contributed by atoms with van der Waals surface area (Å²) in [5.41, 5.74) is 9.83. The normalized spacial score (nSPS) is 15.6. The van der Waals surface area contributed by atoms with Gasteiger partial charge in [0.05, 0.1) is 24.1 Å². The van der Waals surface area contributed by atoms with E-state index in [0.29, 0.717) is 18.0 Å². The maximum atomic E-state index is 13.6. The van der Waals surface area contributed by atoms with Gasteiger partial charge < -0.3 is 15.8 Å². The summed E-state index contributed by atoms with van der Waals surface area (Å²) in [6, 6.07) is 12.1. The number of nitrogen functional groups attached to an aromatic ring is 1. The van der Waals surface area contributed by atoms with Gasteiger partial charge in [0.1, 0.15) is 29.4 Å². The van der Waals surface area contributed by atoms with Crippen molar-refractivity contribution in [3.8, 4) is 17.0 Å².